The van der Waals surface area contributed by atoms with Gasteiger partial charge in [0.05, 0.1) is 6.42 Å². The van der Waals surface area contributed by atoms with Gasteiger partial charge in [-0.3, -0.25) is 9.59 Å². The maximum Gasteiger partial charge on any atom is 0.305 e. The van der Waals surface area contributed by atoms with Crippen LogP contribution in [0.2, 0.25) is 0 Å². The van der Waals surface area contributed by atoms with Crippen molar-refractivity contribution in [1.29, 1.82) is 0 Å². The molecule has 0 aromatic carbocycles. The van der Waals surface area contributed by atoms with Crippen molar-refractivity contribution in [3.63, 3.8) is 0 Å². The van der Waals surface area contributed by atoms with E-state index >= 15 is 0 Å². The largest absolute Gasteiger partial charge is 0.481 e. The van der Waals surface area contributed by atoms with Gasteiger partial charge in [0.15, 0.2) is 0 Å². The van der Waals surface area contributed by atoms with Crippen molar-refractivity contribution >= 4 is 23.2 Å². The Balaban J connectivity index is 2.53. The number of nitrogens with one attached hydrogen (secondary N) is 1. The lowest BCUT2D eigenvalue weighted by Gasteiger charge is -2.31. The molecule has 0 aliphatic rings. The molecule has 0 atom stereocenters. The number of rotatable bonds is 8. The van der Waals surface area contributed by atoms with Gasteiger partial charge in [-0.1, -0.05) is 19.9 Å². The molecule has 1 aromatic rings. The van der Waals surface area contributed by atoms with Crippen LogP contribution in [0.4, 0.5) is 0 Å². The highest BCUT2D eigenvalue weighted by atomic mass is 32.1. The molecule has 0 saturated heterocycles. The first kappa shape index (κ1) is 15.7. The van der Waals surface area contributed by atoms with Gasteiger partial charge >= 0.3 is 5.97 Å². The maximum absolute atomic E-state index is 12.0. The predicted molar refractivity (Wildman–Crippen MR) is 76.3 cm³/mol. The topological polar surface area (TPSA) is 66.4 Å². The summed E-state index contributed by atoms with van der Waals surface area (Å²) < 4.78 is 0. The Morgan fingerprint density at radius 2 is 2.05 bits per heavy atom. The molecule has 0 spiro atoms. The SMILES string of the molecule is CCC(CC)(CC(=O)O)NC(=O)CCc1cccs1. The van der Waals surface area contributed by atoms with Crippen LogP contribution in [0.5, 0.6) is 0 Å². The van der Waals surface area contributed by atoms with Crippen LogP contribution in [0.15, 0.2) is 17.5 Å². The minimum absolute atomic E-state index is 0.0231. The minimum atomic E-state index is -0.873. The lowest BCUT2D eigenvalue weighted by Crippen LogP contribution is -2.49. The number of thiophene rings is 1. The van der Waals surface area contributed by atoms with Crippen LogP contribution < -0.4 is 5.32 Å². The van der Waals surface area contributed by atoms with Crippen molar-refractivity contribution in [2.75, 3.05) is 0 Å². The molecule has 0 fully saturated rings. The molecule has 4 nitrogen and oxygen atoms in total. The van der Waals surface area contributed by atoms with Gasteiger partial charge in [-0.15, -0.1) is 11.3 Å². The number of amides is 1. The second-order valence-electron chi connectivity index (χ2n) is 4.69. The third-order valence-corrected chi connectivity index (χ3v) is 4.36. The van der Waals surface area contributed by atoms with Gasteiger partial charge in [0.1, 0.15) is 0 Å². The van der Waals surface area contributed by atoms with Crippen molar-refractivity contribution < 1.29 is 14.7 Å². The highest BCUT2D eigenvalue weighted by Crippen LogP contribution is 2.20. The second kappa shape index (κ2) is 7.28. The fraction of sp³-hybridized carbons (Fsp3) is 0.571. The quantitative estimate of drug-likeness (QED) is 0.771. The highest BCUT2D eigenvalue weighted by molar-refractivity contribution is 7.09. The third kappa shape index (κ3) is 5.03. The molecule has 0 saturated carbocycles. The van der Waals surface area contributed by atoms with Crippen LogP contribution >= 0.6 is 11.3 Å². The summed E-state index contributed by atoms with van der Waals surface area (Å²) in [7, 11) is 0. The first-order valence-corrected chi connectivity index (χ1v) is 7.44. The molecular weight excluding hydrogens is 262 g/mol. The van der Waals surface area contributed by atoms with Crippen molar-refractivity contribution in [2.45, 2.75) is 51.5 Å². The van der Waals surface area contributed by atoms with Crippen LogP contribution in [-0.2, 0) is 16.0 Å². The van der Waals surface area contributed by atoms with Crippen LogP contribution in [0.1, 0.15) is 44.4 Å². The summed E-state index contributed by atoms with van der Waals surface area (Å²) in [5, 5.41) is 13.8. The third-order valence-electron chi connectivity index (χ3n) is 3.43. The minimum Gasteiger partial charge on any atom is -0.481 e. The summed E-state index contributed by atoms with van der Waals surface area (Å²) in [6, 6.07) is 3.97. The Bertz CT molecular complexity index is 410. The molecule has 1 heterocycles. The number of hydrogen-bond acceptors (Lipinski definition) is 3. The van der Waals surface area contributed by atoms with Gasteiger partial charge in [0.25, 0.3) is 0 Å². The standard InChI is InChI=1S/C14H21NO3S/c1-3-14(4-2,10-13(17)18)15-12(16)8-7-11-6-5-9-19-11/h5-6,9H,3-4,7-8,10H2,1-2H3,(H,15,16)(H,17,18). The lowest BCUT2D eigenvalue weighted by atomic mass is 9.88. The van der Waals surface area contributed by atoms with E-state index in [0.29, 0.717) is 25.7 Å². The van der Waals surface area contributed by atoms with Crippen molar-refractivity contribution in [2.24, 2.45) is 0 Å². The monoisotopic (exact) mass is 283 g/mol. The summed E-state index contributed by atoms with van der Waals surface area (Å²) in [5.41, 5.74) is -0.613. The van der Waals surface area contributed by atoms with E-state index in [4.69, 9.17) is 5.11 Å². The summed E-state index contributed by atoms with van der Waals surface area (Å²) in [6.45, 7) is 3.82. The van der Waals surface area contributed by atoms with Crippen LogP contribution in [-0.4, -0.2) is 22.5 Å². The molecule has 1 amide bonds. The van der Waals surface area contributed by atoms with E-state index in [1.54, 1.807) is 11.3 Å². The van der Waals surface area contributed by atoms with E-state index in [9.17, 15) is 9.59 Å². The summed E-state index contributed by atoms with van der Waals surface area (Å²) in [4.78, 5) is 24.0. The molecule has 2 N–H and O–H groups in total. The van der Waals surface area contributed by atoms with E-state index in [2.05, 4.69) is 5.32 Å². The zero-order valence-electron chi connectivity index (χ0n) is 11.4. The molecule has 19 heavy (non-hydrogen) atoms. The Morgan fingerprint density at radius 3 is 2.53 bits per heavy atom. The number of carboxylic acid groups (broad SMARTS) is 1. The molecule has 5 heteroatoms. The predicted octanol–water partition coefficient (Wildman–Crippen LogP) is 2.83. The molecule has 1 aromatic heterocycles. The Hall–Kier alpha value is -1.36. The summed E-state index contributed by atoms with van der Waals surface area (Å²) >= 11 is 1.63. The molecule has 106 valence electrons. The van der Waals surface area contributed by atoms with Crippen molar-refractivity contribution in [1.82, 2.24) is 5.32 Å². The number of carbonyl (C=O) groups excluding carboxylic acids is 1. The number of aliphatic carboxylic acids is 1. The zero-order valence-corrected chi connectivity index (χ0v) is 12.3. The van der Waals surface area contributed by atoms with E-state index in [0.717, 1.165) is 0 Å². The van der Waals surface area contributed by atoms with Gasteiger partial charge in [-0.2, -0.15) is 0 Å². The van der Waals surface area contributed by atoms with Gasteiger partial charge in [0.2, 0.25) is 5.91 Å². The number of carbonyl (C=O) groups is 2. The lowest BCUT2D eigenvalue weighted by molar-refractivity contribution is -0.139. The fourth-order valence-electron chi connectivity index (χ4n) is 2.06. The Morgan fingerprint density at radius 1 is 1.37 bits per heavy atom. The average Bonchev–Trinajstić information content (AvgIpc) is 2.88. The molecule has 0 radical (unpaired) electrons. The first-order valence-electron chi connectivity index (χ1n) is 6.56. The molecule has 1 rings (SSSR count). The molecular formula is C14H21NO3S. The zero-order chi connectivity index (χ0) is 14.3. The normalized spacial score (nSPS) is 11.3. The smallest absolute Gasteiger partial charge is 0.305 e. The van der Waals surface area contributed by atoms with Crippen molar-refractivity contribution in [3.05, 3.63) is 22.4 Å². The van der Waals surface area contributed by atoms with Crippen LogP contribution in [0.3, 0.4) is 0 Å². The number of aryl methyl sites for hydroxylation is 1. The summed E-state index contributed by atoms with van der Waals surface area (Å²) in [6.07, 6.45) is 2.34. The first-order chi connectivity index (χ1) is 9.01. The van der Waals surface area contributed by atoms with Gasteiger partial charge in [-0.25, -0.2) is 0 Å². The van der Waals surface area contributed by atoms with Crippen molar-refractivity contribution in [3.8, 4) is 0 Å². The number of hydrogen-bond donors (Lipinski definition) is 2. The fourth-order valence-corrected chi connectivity index (χ4v) is 2.77. The Kier molecular flexibility index (Phi) is 6.02. The second-order valence-corrected chi connectivity index (χ2v) is 5.72. The van der Waals surface area contributed by atoms with Gasteiger partial charge in [0, 0.05) is 16.8 Å². The van der Waals surface area contributed by atoms with Crippen LogP contribution in [0, 0.1) is 0 Å². The maximum atomic E-state index is 12.0. The molecule has 0 unspecified atom stereocenters. The average molecular weight is 283 g/mol. The van der Waals surface area contributed by atoms with Gasteiger partial charge in [-0.05, 0) is 30.7 Å². The number of carboxylic acids is 1. The highest BCUT2D eigenvalue weighted by Gasteiger charge is 2.30. The molecule has 0 aliphatic heterocycles. The van der Waals surface area contributed by atoms with E-state index in [-0.39, 0.29) is 12.3 Å². The van der Waals surface area contributed by atoms with E-state index < -0.39 is 11.5 Å². The van der Waals surface area contributed by atoms with E-state index in [1.807, 2.05) is 31.4 Å². The Labute approximate surface area is 117 Å². The summed E-state index contributed by atoms with van der Waals surface area (Å²) in [5.74, 6) is -0.944. The van der Waals surface area contributed by atoms with E-state index in [1.165, 1.54) is 4.88 Å². The van der Waals surface area contributed by atoms with Gasteiger partial charge < -0.3 is 10.4 Å². The molecule has 0 bridgehead atoms. The molecule has 0 aliphatic carbocycles. The van der Waals surface area contributed by atoms with Crippen LogP contribution in [0.25, 0.3) is 0 Å².